The lowest BCUT2D eigenvalue weighted by Crippen LogP contribution is -2.54. The number of hydrogen-bond donors (Lipinski definition) is 1. The second-order valence-corrected chi connectivity index (χ2v) is 11.7. The van der Waals surface area contributed by atoms with Gasteiger partial charge >= 0.3 is 0 Å². The Morgan fingerprint density at radius 2 is 1.54 bits per heavy atom. The van der Waals surface area contributed by atoms with Crippen LogP contribution in [0.2, 0.25) is 0 Å². The summed E-state index contributed by atoms with van der Waals surface area (Å²) in [6.07, 6.45) is 0.445. The number of nitrogens with zero attached hydrogens (tertiary/aromatic N) is 1. The van der Waals surface area contributed by atoms with Crippen molar-refractivity contribution in [3.8, 4) is 0 Å². The lowest BCUT2D eigenvalue weighted by molar-refractivity contribution is -0.140. The van der Waals surface area contributed by atoms with Crippen LogP contribution >= 0.6 is 27.7 Å². The molecule has 0 aliphatic rings. The van der Waals surface area contributed by atoms with Crippen molar-refractivity contribution in [3.05, 3.63) is 100 Å². The van der Waals surface area contributed by atoms with Gasteiger partial charge in [0.15, 0.2) is 0 Å². The molecule has 0 saturated carbocycles. The molecule has 0 saturated heterocycles. The molecule has 3 aromatic rings. The first-order chi connectivity index (χ1) is 16.6. The van der Waals surface area contributed by atoms with Crippen molar-refractivity contribution in [3.63, 3.8) is 0 Å². The maximum absolute atomic E-state index is 13.7. The average Bonchev–Trinajstić information content (AvgIpc) is 2.81. The number of aryl methyl sites for hydroxylation is 1. The van der Waals surface area contributed by atoms with Crippen LogP contribution in [0, 0.1) is 6.92 Å². The van der Waals surface area contributed by atoms with Gasteiger partial charge in [0, 0.05) is 27.9 Å². The average molecular weight is 554 g/mol. The molecule has 1 N–H and O–H groups in total. The highest BCUT2D eigenvalue weighted by molar-refractivity contribution is 9.10. The molecule has 0 aliphatic heterocycles. The summed E-state index contributed by atoms with van der Waals surface area (Å²) < 4.78 is 0.973. The monoisotopic (exact) mass is 552 g/mol. The second kappa shape index (κ2) is 12.4. The summed E-state index contributed by atoms with van der Waals surface area (Å²) in [6, 6.07) is 25.3. The highest BCUT2D eigenvalue weighted by Crippen LogP contribution is 2.22. The molecule has 4 nitrogen and oxygen atoms in total. The van der Waals surface area contributed by atoms with E-state index in [1.807, 2.05) is 107 Å². The molecule has 2 amide bonds. The zero-order valence-corrected chi connectivity index (χ0v) is 23.2. The SMILES string of the molecule is Cc1ccc(SCC(=O)N(Cc2ccc(Br)cc2)[C@@H](Cc2ccccc2)C(=O)NC(C)(C)C)cc1. The number of carbonyl (C=O) groups is 2. The van der Waals surface area contributed by atoms with Crippen LogP contribution in [0.5, 0.6) is 0 Å². The molecule has 0 bridgehead atoms. The van der Waals surface area contributed by atoms with Crippen molar-refractivity contribution < 1.29 is 9.59 Å². The largest absolute Gasteiger partial charge is 0.350 e. The third-order valence-electron chi connectivity index (χ3n) is 5.42. The molecule has 0 heterocycles. The maximum Gasteiger partial charge on any atom is 0.243 e. The van der Waals surface area contributed by atoms with E-state index in [9.17, 15) is 9.59 Å². The molecule has 0 spiro atoms. The van der Waals surface area contributed by atoms with Crippen molar-refractivity contribution in [2.24, 2.45) is 0 Å². The van der Waals surface area contributed by atoms with E-state index in [1.165, 1.54) is 17.3 Å². The first-order valence-corrected chi connectivity index (χ1v) is 13.5. The molecular formula is C29H33BrN2O2S. The van der Waals surface area contributed by atoms with E-state index in [4.69, 9.17) is 0 Å². The molecule has 3 aromatic carbocycles. The molecule has 35 heavy (non-hydrogen) atoms. The van der Waals surface area contributed by atoms with E-state index < -0.39 is 11.6 Å². The van der Waals surface area contributed by atoms with Crippen molar-refractivity contribution in [2.45, 2.75) is 57.1 Å². The van der Waals surface area contributed by atoms with Gasteiger partial charge in [-0.3, -0.25) is 9.59 Å². The summed E-state index contributed by atoms with van der Waals surface area (Å²) in [5, 5.41) is 3.10. The smallest absolute Gasteiger partial charge is 0.243 e. The topological polar surface area (TPSA) is 49.4 Å². The zero-order valence-electron chi connectivity index (χ0n) is 20.8. The number of amides is 2. The van der Waals surface area contributed by atoms with E-state index in [-0.39, 0.29) is 17.6 Å². The Morgan fingerprint density at radius 1 is 0.914 bits per heavy atom. The van der Waals surface area contributed by atoms with E-state index in [0.717, 1.165) is 20.5 Å². The number of thioether (sulfide) groups is 1. The van der Waals surface area contributed by atoms with Gasteiger partial charge in [0.2, 0.25) is 11.8 Å². The lowest BCUT2D eigenvalue weighted by Gasteiger charge is -2.34. The first-order valence-electron chi connectivity index (χ1n) is 11.7. The Hall–Kier alpha value is -2.57. The van der Waals surface area contributed by atoms with Crippen LogP contribution in [-0.2, 0) is 22.6 Å². The van der Waals surface area contributed by atoms with Crippen LogP contribution in [0.4, 0.5) is 0 Å². The third kappa shape index (κ3) is 8.86. The van der Waals surface area contributed by atoms with Gasteiger partial charge in [-0.25, -0.2) is 0 Å². The van der Waals surface area contributed by atoms with Gasteiger partial charge in [-0.05, 0) is 63.1 Å². The van der Waals surface area contributed by atoms with Crippen LogP contribution in [-0.4, -0.2) is 34.0 Å². The van der Waals surface area contributed by atoms with Crippen molar-refractivity contribution in [2.75, 3.05) is 5.75 Å². The summed E-state index contributed by atoms with van der Waals surface area (Å²) in [5.74, 6) is 0.0452. The number of carbonyl (C=O) groups excluding carboxylic acids is 2. The van der Waals surface area contributed by atoms with Crippen LogP contribution in [0.1, 0.15) is 37.5 Å². The van der Waals surface area contributed by atoms with Gasteiger partial charge in [0.05, 0.1) is 5.75 Å². The van der Waals surface area contributed by atoms with Gasteiger partial charge < -0.3 is 10.2 Å². The third-order valence-corrected chi connectivity index (χ3v) is 6.94. The van der Waals surface area contributed by atoms with Gasteiger partial charge in [-0.15, -0.1) is 11.8 Å². The Labute approximate surface area is 221 Å². The molecule has 6 heteroatoms. The number of halogens is 1. The van der Waals surface area contributed by atoms with Crippen LogP contribution in [0.15, 0.2) is 88.2 Å². The number of benzene rings is 3. The Morgan fingerprint density at radius 3 is 2.14 bits per heavy atom. The van der Waals surface area contributed by atoms with Gasteiger partial charge in [0.1, 0.15) is 6.04 Å². The minimum atomic E-state index is -0.633. The molecule has 0 fully saturated rings. The molecule has 0 aromatic heterocycles. The minimum Gasteiger partial charge on any atom is -0.350 e. The highest BCUT2D eigenvalue weighted by Gasteiger charge is 2.32. The predicted molar refractivity (Wildman–Crippen MR) is 148 cm³/mol. The van der Waals surface area contributed by atoms with Crippen LogP contribution in [0.25, 0.3) is 0 Å². The Bertz CT molecular complexity index is 1110. The van der Waals surface area contributed by atoms with Crippen molar-refractivity contribution in [1.82, 2.24) is 10.2 Å². The summed E-state index contributed by atoms with van der Waals surface area (Å²) in [7, 11) is 0. The van der Waals surface area contributed by atoms with E-state index in [2.05, 4.69) is 21.2 Å². The normalized spacial score (nSPS) is 12.1. The Kier molecular flexibility index (Phi) is 9.58. The van der Waals surface area contributed by atoms with Crippen LogP contribution < -0.4 is 5.32 Å². The van der Waals surface area contributed by atoms with E-state index in [1.54, 1.807) is 4.90 Å². The van der Waals surface area contributed by atoms with Gasteiger partial charge in [-0.1, -0.05) is 76.1 Å². The molecule has 0 radical (unpaired) electrons. The fourth-order valence-electron chi connectivity index (χ4n) is 3.66. The maximum atomic E-state index is 13.7. The lowest BCUT2D eigenvalue weighted by atomic mass is 10.0. The number of hydrogen-bond acceptors (Lipinski definition) is 3. The summed E-state index contributed by atoms with van der Waals surface area (Å²) in [5.41, 5.74) is 2.76. The highest BCUT2D eigenvalue weighted by atomic mass is 79.9. The number of nitrogens with one attached hydrogen (secondary N) is 1. The van der Waals surface area contributed by atoms with Gasteiger partial charge in [-0.2, -0.15) is 0 Å². The fourth-order valence-corrected chi connectivity index (χ4v) is 4.70. The summed E-state index contributed by atoms with van der Waals surface area (Å²) in [4.78, 5) is 30.0. The number of rotatable bonds is 9. The molecule has 1 atom stereocenters. The summed E-state index contributed by atoms with van der Waals surface area (Å²) in [6.45, 7) is 8.27. The first kappa shape index (κ1) is 27.0. The quantitative estimate of drug-likeness (QED) is 0.312. The van der Waals surface area contributed by atoms with E-state index >= 15 is 0 Å². The molecular weight excluding hydrogens is 520 g/mol. The molecule has 184 valence electrons. The Balaban J connectivity index is 1.91. The minimum absolute atomic E-state index is 0.0662. The van der Waals surface area contributed by atoms with Crippen molar-refractivity contribution in [1.29, 1.82) is 0 Å². The van der Waals surface area contributed by atoms with E-state index in [0.29, 0.717) is 13.0 Å². The predicted octanol–water partition coefficient (Wildman–Crippen LogP) is 6.40. The van der Waals surface area contributed by atoms with Gasteiger partial charge in [0.25, 0.3) is 0 Å². The second-order valence-electron chi connectivity index (χ2n) is 9.69. The van der Waals surface area contributed by atoms with Crippen LogP contribution in [0.3, 0.4) is 0 Å². The standard InChI is InChI=1S/C29H33BrN2O2S/c1-21-10-16-25(17-11-21)35-20-27(33)32(19-23-12-14-24(30)15-13-23)26(28(34)31-29(2,3)4)18-22-8-6-5-7-9-22/h5-17,26H,18-20H2,1-4H3,(H,31,34)/t26-/m0/s1. The molecule has 0 unspecified atom stereocenters. The molecule has 0 aliphatic carbocycles. The summed E-state index contributed by atoms with van der Waals surface area (Å²) >= 11 is 4.97. The van der Waals surface area contributed by atoms with Crippen molar-refractivity contribution >= 4 is 39.5 Å². The molecule has 3 rings (SSSR count). The zero-order chi connectivity index (χ0) is 25.4. The fraction of sp³-hybridized carbons (Fsp3) is 0.310.